The molecule has 0 N–H and O–H groups in total. The van der Waals surface area contributed by atoms with Gasteiger partial charge in [0.15, 0.2) is 0 Å². The van der Waals surface area contributed by atoms with Crippen LogP contribution in [0.25, 0.3) is 0 Å². The molecule has 0 aromatic heterocycles. The van der Waals surface area contributed by atoms with Crippen LogP contribution in [0.15, 0.2) is 12.1 Å². The minimum atomic E-state index is 0.598. The highest BCUT2D eigenvalue weighted by Crippen LogP contribution is 2.32. The number of hydrogen-bond donors (Lipinski definition) is 0. The van der Waals surface area contributed by atoms with Gasteiger partial charge in [-0.05, 0) is 26.0 Å². The Hall–Kier alpha value is -0.400. The van der Waals surface area contributed by atoms with E-state index in [0.717, 1.165) is 5.56 Å². The molecular weight excluding hydrogens is 195 g/mol. The van der Waals surface area contributed by atoms with Crippen molar-refractivity contribution in [2.45, 2.75) is 13.8 Å². The molecule has 0 aliphatic carbocycles. The first kappa shape index (κ1) is 9.69. The Balaban J connectivity index is 3.14. The van der Waals surface area contributed by atoms with E-state index in [4.69, 9.17) is 27.9 Å². The summed E-state index contributed by atoms with van der Waals surface area (Å²) < 4.78 is 5.33. The van der Waals surface area contributed by atoms with Crippen LogP contribution in [0.4, 0.5) is 0 Å². The first-order chi connectivity index (χ1) is 5.66. The first-order valence-corrected chi connectivity index (χ1v) is 4.49. The summed E-state index contributed by atoms with van der Waals surface area (Å²) in [7, 11) is 0. The van der Waals surface area contributed by atoms with Gasteiger partial charge in [-0.1, -0.05) is 23.2 Å². The van der Waals surface area contributed by atoms with Crippen molar-refractivity contribution in [2.24, 2.45) is 0 Å². The fraction of sp³-hybridized carbons (Fsp3) is 0.333. The molecule has 0 spiro atoms. The fourth-order valence-corrected chi connectivity index (χ4v) is 1.36. The summed E-state index contributed by atoms with van der Waals surface area (Å²) in [4.78, 5) is 0. The van der Waals surface area contributed by atoms with E-state index in [-0.39, 0.29) is 0 Å². The maximum absolute atomic E-state index is 5.90. The van der Waals surface area contributed by atoms with Gasteiger partial charge in [0.2, 0.25) is 0 Å². The van der Waals surface area contributed by atoms with Crippen LogP contribution in [0.3, 0.4) is 0 Å². The second kappa shape index (κ2) is 4.01. The molecule has 0 heterocycles. The summed E-state index contributed by atoms with van der Waals surface area (Å²) in [6.07, 6.45) is 0. The smallest absolute Gasteiger partial charge is 0.142 e. The van der Waals surface area contributed by atoms with Gasteiger partial charge in [0.25, 0.3) is 0 Å². The molecule has 0 saturated heterocycles. The number of halogens is 2. The van der Waals surface area contributed by atoms with E-state index in [9.17, 15) is 0 Å². The minimum absolute atomic E-state index is 0.598. The van der Waals surface area contributed by atoms with Crippen molar-refractivity contribution in [1.29, 1.82) is 0 Å². The molecule has 0 radical (unpaired) electrons. The molecule has 0 unspecified atom stereocenters. The predicted molar refractivity (Wildman–Crippen MR) is 52.4 cm³/mol. The van der Waals surface area contributed by atoms with Crippen LogP contribution in [0.1, 0.15) is 12.5 Å². The third kappa shape index (κ3) is 1.85. The van der Waals surface area contributed by atoms with E-state index in [1.807, 2.05) is 13.8 Å². The Bertz CT molecular complexity index is 284. The molecule has 3 heteroatoms. The SMILES string of the molecule is CCOc1c(Cl)ccc(Cl)c1C. The van der Waals surface area contributed by atoms with Crippen molar-refractivity contribution in [3.8, 4) is 5.75 Å². The molecule has 0 atom stereocenters. The van der Waals surface area contributed by atoms with Gasteiger partial charge in [0.1, 0.15) is 5.75 Å². The van der Waals surface area contributed by atoms with Gasteiger partial charge in [0.05, 0.1) is 11.6 Å². The monoisotopic (exact) mass is 204 g/mol. The second-order valence-corrected chi connectivity index (χ2v) is 3.23. The van der Waals surface area contributed by atoms with Crippen LogP contribution in [-0.4, -0.2) is 6.61 Å². The third-order valence-electron chi connectivity index (χ3n) is 1.58. The summed E-state index contributed by atoms with van der Waals surface area (Å²) >= 11 is 11.8. The van der Waals surface area contributed by atoms with Crippen LogP contribution in [0, 0.1) is 6.92 Å². The zero-order chi connectivity index (χ0) is 9.14. The van der Waals surface area contributed by atoms with E-state index in [1.165, 1.54) is 0 Å². The van der Waals surface area contributed by atoms with E-state index in [0.29, 0.717) is 22.4 Å². The summed E-state index contributed by atoms with van der Waals surface area (Å²) in [5.74, 6) is 0.687. The number of ether oxygens (including phenoxy) is 1. The fourth-order valence-electron chi connectivity index (χ4n) is 0.956. The molecule has 1 nitrogen and oxygen atoms in total. The Morgan fingerprint density at radius 1 is 1.25 bits per heavy atom. The zero-order valence-corrected chi connectivity index (χ0v) is 8.54. The third-order valence-corrected chi connectivity index (χ3v) is 2.29. The normalized spacial score (nSPS) is 10.0. The number of benzene rings is 1. The predicted octanol–water partition coefficient (Wildman–Crippen LogP) is 3.70. The lowest BCUT2D eigenvalue weighted by atomic mass is 10.2. The summed E-state index contributed by atoms with van der Waals surface area (Å²) in [5.41, 5.74) is 0.894. The lowest BCUT2D eigenvalue weighted by molar-refractivity contribution is 0.338. The highest BCUT2D eigenvalue weighted by molar-refractivity contribution is 6.34. The van der Waals surface area contributed by atoms with Gasteiger partial charge in [-0.15, -0.1) is 0 Å². The van der Waals surface area contributed by atoms with E-state index < -0.39 is 0 Å². The molecule has 0 fully saturated rings. The van der Waals surface area contributed by atoms with Crippen LogP contribution in [0.5, 0.6) is 5.75 Å². The first-order valence-electron chi connectivity index (χ1n) is 3.74. The number of rotatable bonds is 2. The Morgan fingerprint density at radius 3 is 2.42 bits per heavy atom. The van der Waals surface area contributed by atoms with Gasteiger partial charge in [-0.3, -0.25) is 0 Å². The lowest BCUT2D eigenvalue weighted by Crippen LogP contribution is -1.95. The van der Waals surface area contributed by atoms with Gasteiger partial charge in [0, 0.05) is 10.6 Å². The second-order valence-electron chi connectivity index (χ2n) is 2.42. The van der Waals surface area contributed by atoms with Gasteiger partial charge < -0.3 is 4.74 Å². The molecule has 12 heavy (non-hydrogen) atoms. The molecule has 66 valence electrons. The average molecular weight is 205 g/mol. The highest BCUT2D eigenvalue weighted by atomic mass is 35.5. The van der Waals surface area contributed by atoms with E-state index in [2.05, 4.69) is 0 Å². The molecule has 0 saturated carbocycles. The van der Waals surface area contributed by atoms with E-state index >= 15 is 0 Å². The molecular formula is C9H10Cl2O. The standard InChI is InChI=1S/C9H10Cl2O/c1-3-12-9-6(2)7(10)4-5-8(9)11/h4-5H,3H2,1-2H3. The molecule has 0 aliphatic rings. The van der Waals surface area contributed by atoms with Gasteiger partial charge in [-0.2, -0.15) is 0 Å². The summed E-state index contributed by atoms with van der Waals surface area (Å²) in [5, 5.41) is 1.29. The van der Waals surface area contributed by atoms with Crippen molar-refractivity contribution >= 4 is 23.2 Å². The summed E-state index contributed by atoms with van der Waals surface area (Å²) in [6.45, 7) is 4.40. The summed E-state index contributed by atoms with van der Waals surface area (Å²) in [6, 6.07) is 3.50. The van der Waals surface area contributed by atoms with Crippen molar-refractivity contribution in [1.82, 2.24) is 0 Å². The lowest BCUT2D eigenvalue weighted by Gasteiger charge is -2.09. The van der Waals surface area contributed by atoms with Gasteiger partial charge >= 0.3 is 0 Å². The van der Waals surface area contributed by atoms with Crippen molar-refractivity contribution in [2.75, 3.05) is 6.61 Å². The molecule has 0 bridgehead atoms. The highest BCUT2D eigenvalue weighted by Gasteiger charge is 2.07. The maximum Gasteiger partial charge on any atom is 0.142 e. The molecule has 1 rings (SSSR count). The molecule has 1 aromatic rings. The molecule has 1 aromatic carbocycles. The zero-order valence-electron chi connectivity index (χ0n) is 7.03. The van der Waals surface area contributed by atoms with Crippen LogP contribution >= 0.6 is 23.2 Å². The number of hydrogen-bond acceptors (Lipinski definition) is 1. The largest absolute Gasteiger partial charge is 0.492 e. The van der Waals surface area contributed by atoms with Crippen molar-refractivity contribution in [3.05, 3.63) is 27.7 Å². The van der Waals surface area contributed by atoms with Crippen LogP contribution in [0.2, 0.25) is 10.0 Å². The van der Waals surface area contributed by atoms with Gasteiger partial charge in [-0.25, -0.2) is 0 Å². The maximum atomic E-state index is 5.90. The van der Waals surface area contributed by atoms with E-state index in [1.54, 1.807) is 12.1 Å². The van der Waals surface area contributed by atoms with Crippen molar-refractivity contribution < 1.29 is 4.74 Å². The minimum Gasteiger partial charge on any atom is -0.492 e. The van der Waals surface area contributed by atoms with Crippen LogP contribution in [-0.2, 0) is 0 Å². The average Bonchev–Trinajstić information content (AvgIpc) is 2.06. The van der Waals surface area contributed by atoms with Crippen molar-refractivity contribution in [3.63, 3.8) is 0 Å². The Labute approximate surface area is 82.2 Å². The Kier molecular flexibility index (Phi) is 3.24. The van der Waals surface area contributed by atoms with Crippen LogP contribution < -0.4 is 4.74 Å². The Morgan fingerprint density at radius 2 is 1.83 bits per heavy atom. The quantitative estimate of drug-likeness (QED) is 0.715. The molecule has 0 amide bonds. The topological polar surface area (TPSA) is 9.23 Å². The molecule has 0 aliphatic heterocycles.